The average Bonchev–Trinajstić information content (AvgIpc) is 2.01. The van der Waals surface area contributed by atoms with Crippen LogP contribution in [0.1, 0.15) is 33.1 Å². The molecule has 1 aliphatic rings. The van der Waals surface area contributed by atoms with Gasteiger partial charge in [-0.05, 0) is 37.1 Å². The number of hydrogen-bond acceptors (Lipinski definition) is 3. The molecule has 0 spiro atoms. The molecule has 3 nitrogen and oxygen atoms in total. The highest BCUT2D eigenvalue weighted by Crippen LogP contribution is 2.30. The molecule has 1 aliphatic heterocycles. The molecule has 1 heterocycles. The summed E-state index contributed by atoms with van der Waals surface area (Å²) in [6.07, 6.45) is 2.80. The minimum absolute atomic E-state index is 0.0809. The zero-order chi connectivity index (χ0) is 10.8. The van der Waals surface area contributed by atoms with Crippen LogP contribution in [0, 0.1) is 11.3 Å². The number of hydrogen-bond donors (Lipinski definition) is 1. The molecule has 0 bridgehead atoms. The van der Waals surface area contributed by atoms with Crippen molar-refractivity contribution in [3.8, 4) is 0 Å². The van der Waals surface area contributed by atoms with Gasteiger partial charge in [-0.1, -0.05) is 13.8 Å². The lowest BCUT2D eigenvalue weighted by Gasteiger charge is -2.30. The Morgan fingerprint density at radius 1 is 1.43 bits per heavy atom. The maximum absolute atomic E-state index is 11.4. The Morgan fingerprint density at radius 2 is 2.07 bits per heavy atom. The van der Waals surface area contributed by atoms with E-state index in [0.717, 1.165) is 19.3 Å². The minimum atomic E-state index is -2.75. The molecule has 84 valence electrons. The molecule has 0 radical (unpaired) electrons. The van der Waals surface area contributed by atoms with E-state index in [-0.39, 0.29) is 5.41 Å². The first-order chi connectivity index (χ1) is 6.35. The Hall–Kier alpha value is -0.0900. The Kier molecular flexibility index (Phi) is 3.58. The van der Waals surface area contributed by atoms with Crippen LogP contribution >= 0.6 is 0 Å². The van der Waals surface area contributed by atoms with Gasteiger partial charge in [0.2, 0.25) is 0 Å². The summed E-state index contributed by atoms with van der Waals surface area (Å²) < 4.78 is 22.8. The van der Waals surface area contributed by atoms with Crippen LogP contribution in [0.25, 0.3) is 0 Å². The van der Waals surface area contributed by atoms with Crippen LogP contribution in [0.15, 0.2) is 0 Å². The molecule has 0 aromatic rings. The Bertz CT molecular complexity index is 282. The van der Waals surface area contributed by atoms with Crippen molar-refractivity contribution in [1.82, 2.24) is 0 Å². The van der Waals surface area contributed by atoms with Gasteiger partial charge in [-0.15, -0.1) is 0 Å². The monoisotopic (exact) mass is 219 g/mol. The third-order valence-corrected chi connectivity index (χ3v) is 4.84. The van der Waals surface area contributed by atoms with E-state index in [1.54, 1.807) is 0 Å². The summed E-state index contributed by atoms with van der Waals surface area (Å²) in [5, 5.41) is 0. The van der Waals surface area contributed by atoms with Gasteiger partial charge in [0, 0.05) is 0 Å². The van der Waals surface area contributed by atoms with Crippen molar-refractivity contribution in [1.29, 1.82) is 0 Å². The van der Waals surface area contributed by atoms with Gasteiger partial charge in [-0.3, -0.25) is 0 Å². The smallest absolute Gasteiger partial charge is 0.150 e. The number of sulfone groups is 1. The zero-order valence-electron chi connectivity index (χ0n) is 9.12. The second-order valence-electron chi connectivity index (χ2n) is 5.20. The fraction of sp³-hybridized carbons (Fsp3) is 1.00. The first-order valence-corrected chi connectivity index (χ1v) is 7.07. The molecule has 0 saturated carbocycles. The van der Waals surface area contributed by atoms with Gasteiger partial charge in [0.15, 0.2) is 9.84 Å². The summed E-state index contributed by atoms with van der Waals surface area (Å²) in [5.74, 6) is 1.08. The lowest BCUT2D eigenvalue weighted by molar-refractivity contribution is 0.274. The molecule has 2 N–H and O–H groups in total. The van der Waals surface area contributed by atoms with Crippen LogP contribution in [0.3, 0.4) is 0 Å². The highest BCUT2D eigenvalue weighted by Gasteiger charge is 2.29. The summed E-state index contributed by atoms with van der Waals surface area (Å²) in [6, 6.07) is 0. The van der Waals surface area contributed by atoms with Crippen LogP contribution in [0.4, 0.5) is 0 Å². The predicted octanol–water partition coefficient (Wildman–Crippen LogP) is 1.19. The predicted molar refractivity (Wildman–Crippen MR) is 58.8 cm³/mol. The number of rotatable bonds is 3. The molecule has 14 heavy (non-hydrogen) atoms. The van der Waals surface area contributed by atoms with Gasteiger partial charge in [0.25, 0.3) is 0 Å². The van der Waals surface area contributed by atoms with Crippen molar-refractivity contribution in [2.75, 3.05) is 18.1 Å². The van der Waals surface area contributed by atoms with E-state index in [2.05, 4.69) is 13.8 Å². The van der Waals surface area contributed by atoms with E-state index in [1.165, 1.54) is 0 Å². The van der Waals surface area contributed by atoms with Crippen molar-refractivity contribution in [3.05, 3.63) is 0 Å². The van der Waals surface area contributed by atoms with Crippen molar-refractivity contribution in [2.24, 2.45) is 17.1 Å². The van der Waals surface area contributed by atoms with Crippen LogP contribution < -0.4 is 5.73 Å². The van der Waals surface area contributed by atoms with Gasteiger partial charge < -0.3 is 5.73 Å². The first kappa shape index (κ1) is 12.0. The third-order valence-electron chi connectivity index (χ3n) is 2.95. The van der Waals surface area contributed by atoms with Crippen LogP contribution in [-0.4, -0.2) is 26.5 Å². The maximum Gasteiger partial charge on any atom is 0.150 e. The standard InChI is InChI=1S/C10H21NO2S/c1-10(2,8-11)6-9-4-3-5-14(12,13)7-9/h9H,3-8,11H2,1-2H3. The maximum atomic E-state index is 11.4. The Balaban J connectivity index is 2.54. The second kappa shape index (κ2) is 4.19. The summed E-state index contributed by atoms with van der Waals surface area (Å²) in [4.78, 5) is 0. The fourth-order valence-corrected chi connectivity index (χ4v) is 3.92. The Morgan fingerprint density at radius 3 is 2.57 bits per heavy atom. The molecular formula is C10H21NO2S. The van der Waals surface area contributed by atoms with E-state index >= 15 is 0 Å². The minimum Gasteiger partial charge on any atom is -0.330 e. The molecular weight excluding hydrogens is 198 g/mol. The summed E-state index contributed by atoms with van der Waals surface area (Å²) in [7, 11) is -2.75. The van der Waals surface area contributed by atoms with E-state index in [9.17, 15) is 8.42 Å². The zero-order valence-corrected chi connectivity index (χ0v) is 9.94. The van der Waals surface area contributed by atoms with Crippen LogP contribution in [-0.2, 0) is 9.84 Å². The van der Waals surface area contributed by atoms with E-state index in [4.69, 9.17) is 5.73 Å². The van der Waals surface area contributed by atoms with Gasteiger partial charge >= 0.3 is 0 Å². The summed E-state index contributed by atoms with van der Waals surface area (Å²) in [5.41, 5.74) is 5.72. The lowest BCUT2D eigenvalue weighted by atomic mass is 9.82. The number of nitrogens with two attached hydrogens (primary N) is 1. The van der Waals surface area contributed by atoms with Crippen molar-refractivity contribution >= 4 is 9.84 Å². The van der Waals surface area contributed by atoms with Crippen molar-refractivity contribution in [3.63, 3.8) is 0 Å². The largest absolute Gasteiger partial charge is 0.330 e. The molecule has 0 aromatic heterocycles. The van der Waals surface area contributed by atoms with Gasteiger partial charge in [-0.25, -0.2) is 8.42 Å². The lowest BCUT2D eigenvalue weighted by Crippen LogP contribution is -2.32. The first-order valence-electron chi connectivity index (χ1n) is 5.25. The highest BCUT2D eigenvalue weighted by atomic mass is 32.2. The molecule has 0 amide bonds. The highest BCUT2D eigenvalue weighted by molar-refractivity contribution is 7.91. The SMILES string of the molecule is CC(C)(CN)CC1CCCS(=O)(=O)C1. The molecule has 1 atom stereocenters. The van der Waals surface area contributed by atoms with Crippen LogP contribution in [0.5, 0.6) is 0 Å². The van der Waals surface area contributed by atoms with E-state index in [1.807, 2.05) is 0 Å². The quantitative estimate of drug-likeness (QED) is 0.775. The molecule has 0 aliphatic carbocycles. The average molecular weight is 219 g/mol. The van der Waals surface area contributed by atoms with E-state index < -0.39 is 9.84 Å². The fourth-order valence-electron chi connectivity index (χ4n) is 2.14. The third kappa shape index (κ3) is 3.58. The second-order valence-corrected chi connectivity index (χ2v) is 7.42. The molecule has 4 heteroatoms. The van der Waals surface area contributed by atoms with E-state index in [0.29, 0.717) is 24.0 Å². The summed E-state index contributed by atoms with van der Waals surface area (Å²) >= 11 is 0. The Labute approximate surface area is 87.0 Å². The van der Waals surface area contributed by atoms with Gasteiger partial charge in [-0.2, -0.15) is 0 Å². The van der Waals surface area contributed by atoms with Crippen LogP contribution in [0.2, 0.25) is 0 Å². The normalized spacial score (nSPS) is 27.5. The topological polar surface area (TPSA) is 60.2 Å². The van der Waals surface area contributed by atoms with Crippen molar-refractivity contribution < 1.29 is 8.42 Å². The van der Waals surface area contributed by atoms with Gasteiger partial charge in [0.05, 0.1) is 11.5 Å². The summed E-state index contributed by atoms with van der Waals surface area (Å²) in [6.45, 7) is 4.84. The van der Waals surface area contributed by atoms with Crippen molar-refractivity contribution in [2.45, 2.75) is 33.1 Å². The molecule has 1 unspecified atom stereocenters. The molecule has 1 fully saturated rings. The molecule has 0 aromatic carbocycles. The molecule has 1 rings (SSSR count). The molecule has 1 saturated heterocycles. The van der Waals surface area contributed by atoms with Gasteiger partial charge in [0.1, 0.15) is 0 Å².